The van der Waals surface area contributed by atoms with E-state index in [1.54, 1.807) is 7.11 Å². The smallest absolute Gasteiger partial charge is 0.122 e. The number of para-hydroxylation sites is 1. The van der Waals surface area contributed by atoms with Gasteiger partial charge in [0.15, 0.2) is 0 Å². The van der Waals surface area contributed by atoms with E-state index in [4.69, 9.17) is 4.74 Å². The highest BCUT2D eigenvalue weighted by Crippen LogP contribution is 2.20. The summed E-state index contributed by atoms with van der Waals surface area (Å²) in [5.41, 5.74) is 1.10. The van der Waals surface area contributed by atoms with E-state index in [1.807, 2.05) is 39.0 Å². The molecule has 0 amide bonds. The average Bonchev–Trinajstić information content (AvgIpc) is 2.35. The fourth-order valence-electron chi connectivity index (χ4n) is 1.89. The minimum absolute atomic E-state index is 0.0862. The van der Waals surface area contributed by atoms with Gasteiger partial charge in [-0.2, -0.15) is 0 Å². The fraction of sp³-hybridized carbons (Fsp3) is 0.625. The summed E-state index contributed by atoms with van der Waals surface area (Å²) in [4.78, 5) is 0. The third kappa shape index (κ3) is 5.21. The number of hydrogen-bond donors (Lipinski definition) is 2. The van der Waals surface area contributed by atoms with E-state index in [-0.39, 0.29) is 11.5 Å². The molecule has 2 atom stereocenters. The minimum atomic E-state index is -0.340. The van der Waals surface area contributed by atoms with E-state index in [0.29, 0.717) is 12.6 Å². The van der Waals surface area contributed by atoms with Crippen molar-refractivity contribution in [1.82, 2.24) is 5.32 Å². The van der Waals surface area contributed by atoms with Crippen molar-refractivity contribution in [2.24, 2.45) is 5.41 Å². The number of hydrogen-bond acceptors (Lipinski definition) is 3. The monoisotopic (exact) mass is 265 g/mol. The number of rotatable bonds is 6. The molecule has 0 heterocycles. The summed E-state index contributed by atoms with van der Waals surface area (Å²) >= 11 is 0. The number of aliphatic hydroxyl groups excluding tert-OH is 1. The Morgan fingerprint density at radius 3 is 2.47 bits per heavy atom. The van der Waals surface area contributed by atoms with Crippen molar-refractivity contribution in [3.05, 3.63) is 29.8 Å². The predicted molar refractivity (Wildman–Crippen MR) is 79.6 cm³/mol. The molecule has 0 aliphatic carbocycles. The molecule has 0 fully saturated rings. The lowest BCUT2D eigenvalue weighted by Crippen LogP contribution is -2.40. The van der Waals surface area contributed by atoms with E-state index in [9.17, 15) is 5.11 Å². The lowest BCUT2D eigenvalue weighted by Gasteiger charge is -2.27. The van der Waals surface area contributed by atoms with Crippen LogP contribution in [0.4, 0.5) is 0 Å². The van der Waals surface area contributed by atoms with Crippen LogP contribution in [0.5, 0.6) is 5.75 Å². The highest BCUT2D eigenvalue weighted by atomic mass is 16.5. The van der Waals surface area contributed by atoms with E-state index >= 15 is 0 Å². The maximum Gasteiger partial charge on any atom is 0.122 e. The molecule has 0 bridgehead atoms. The van der Waals surface area contributed by atoms with Gasteiger partial charge in [-0.1, -0.05) is 39.0 Å². The molecule has 0 aliphatic heterocycles. The Hall–Kier alpha value is -1.06. The van der Waals surface area contributed by atoms with Gasteiger partial charge in [-0.05, 0) is 30.4 Å². The third-order valence-corrected chi connectivity index (χ3v) is 3.38. The van der Waals surface area contributed by atoms with Crippen LogP contribution in [0.2, 0.25) is 0 Å². The van der Waals surface area contributed by atoms with Crippen LogP contribution in [0, 0.1) is 5.41 Å². The lowest BCUT2D eigenvalue weighted by atomic mass is 9.89. The number of nitrogens with one attached hydrogen (secondary N) is 1. The summed E-state index contributed by atoms with van der Waals surface area (Å²) in [6.45, 7) is 8.88. The number of ether oxygens (including phenoxy) is 1. The van der Waals surface area contributed by atoms with Crippen LogP contribution in [0.1, 0.15) is 33.3 Å². The second-order valence-electron chi connectivity index (χ2n) is 6.21. The van der Waals surface area contributed by atoms with Crippen molar-refractivity contribution in [3.8, 4) is 5.75 Å². The largest absolute Gasteiger partial charge is 0.496 e. The quantitative estimate of drug-likeness (QED) is 0.831. The van der Waals surface area contributed by atoms with Crippen LogP contribution in [0.25, 0.3) is 0 Å². The summed E-state index contributed by atoms with van der Waals surface area (Å²) in [5.74, 6) is 0.924. The topological polar surface area (TPSA) is 41.5 Å². The molecule has 3 heteroatoms. The van der Waals surface area contributed by atoms with E-state index in [2.05, 4.69) is 18.3 Å². The third-order valence-electron chi connectivity index (χ3n) is 3.38. The maximum absolute atomic E-state index is 10.0. The van der Waals surface area contributed by atoms with E-state index in [1.165, 1.54) is 5.56 Å². The Bertz CT molecular complexity index is 385. The standard InChI is InChI=1S/C16H27NO2/c1-12(17-11-15(18)16(2,3)4)10-13-8-6-7-9-14(13)19-5/h6-9,12,15,17-18H,10-11H2,1-5H3. The fourth-order valence-corrected chi connectivity index (χ4v) is 1.89. The molecule has 0 saturated carbocycles. The first-order valence-corrected chi connectivity index (χ1v) is 6.88. The number of benzene rings is 1. The van der Waals surface area contributed by atoms with Crippen LogP contribution in [0.3, 0.4) is 0 Å². The summed E-state index contributed by atoms with van der Waals surface area (Å²) in [6, 6.07) is 8.36. The normalized spacial score (nSPS) is 15.1. The van der Waals surface area contributed by atoms with Crippen molar-refractivity contribution in [1.29, 1.82) is 0 Å². The molecule has 1 rings (SSSR count). The van der Waals surface area contributed by atoms with Crippen molar-refractivity contribution >= 4 is 0 Å². The Kier molecular flexibility index (Phi) is 5.83. The van der Waals surface area contributed by atoms with Gasteiger partial charge in [0.05, 0.1) is 13.2 Å². The van der Waals surface area contributed by atoms with Gasteiger partial charge < -0.3 is 15.2 Å². The number of aliphatic hydroxyl groups is 1. The van der Waals surface area contributed by atoms with Crippen molar-refractivity contribution < 1.29 is 9.84 Å². The first-order valence-electron chi connectivity index (χ1n) is 6.88. The molecule has 0 spiro atoms. The minimum Gasteiger partial charge on any atom is -0.496 e. The van der Waals surface area contributed by atoms with Gasteiger partial charge in [0.25, 0.3) is 0 Å². The zero-order valence-electron chi connectivity index (χ0n) is 12.7. The molecule has 2 unspecified atom stereocenters. The zero-order chi connectivity index (χ0) is 14.5. The Morgan fingerprint density at radius 2 is 1.89 bits per heavy atom. The van der Waals surface area contributed by atoms with Crippen molar-refractivity contribution in [2.75, 3.05) is 13.7 Å². The average molecular weight is 265 g/mol. The molecule has 2 N–H and O–H groups in total. The van der Waals surface area contributed by atoms with Crippen LogP contribution >= 0.6 is 0 Å². The lowest BCUT2D eigenvalue weighted by molar-refractivity contribution is 0.0609. The first-order chi connectivity index (χ1) is 8.84. The summed E-state index contributed by atoms with van der Waals surface area (Å²) in [5, 5.41) is 13.4. The van der Waals surface area contributed by atoms with Crippen LogP contribution in [-0.4, -0.2) is 30.9 Å². The molecule has 108 valence electrons. The Balaban J connectivity index is 2.49. The highest BCUT2D eigenvalue weighted by Gasteiger charge is 2.22. The second kappa shape index (κ2) is 6.92. The van der Waals surface area contributed by atoms with Gasteiger partial charge in [0.1, 0.15) is 5.75 Å². The predicted octanol–water partition coefficient (Wildman–Crippen LogP) is 2.62. The van der Waals surface area contributed by atoms with E-state index < -0.39 is 0 Å². The molecule has 3 nitrogen and oxygen atoms in total. The van der Waals surface area contributed by atoms with Gasteiger partial charge in [0.2, 0.25) is 0 Å². The van der Waals surface area contributed by atoms with Gasteiger partial charge in [-0.15, -0.1) is 0 Å². The molecular formula is C16H27NO2. The van der Waals surface area contributed by atoms with Crippen LogP contribution in [-0.2, 0) is 6.42 Å². The highest BCUT2D eigenvalue weighted by molar-refractivity contribution is 5.33. The SMILES string of the molecule is COc1ccccc1CC(C)NCC(O)C(C)(C)C. The first kappa shape index (κ1) is 16.0. The Labute approximate surface area is 117 Å². The van der Waals surface area contributed by atoms with Crippen molar-refractivity contribution in [3.63, 3.8) is 0 Å². The molecule has 0 aliphatic rings. The van der Waals surface area contributed by atoms with Gasteiger partial charge in [-0.25, -0.2) is 0 Å². The number of methoxy groups -OCH3 is 1. The summed E-state index contributed by atoms with van der Waals surface area (Å²) < 4.78 is 5.35. The maximum atomic E-state index is 10.0. The Morgan fingerprint density at radius 1 is 1.26 bits per heavy atom. The summed E-state index contributed by atoms with van der Waals surface area (Å²) in [7, 11) is 1.69. The molecule has 19 heavy (non-hydrogen) atoms. The molecule has 0 saturated heterocycles. The van der Waals surface area contributed by atoms with E-state index in [0.717, 1.165) is 12.2 Å². The second-order valence-corrected chi connectivity index (χ2v) is 6.21. The van der Waals surface area contributed by atoms with Gasteiger partial charge in [0, 0.05) is 12.6 Å². The van der Waals surface area contributed by atoms with Crippen LogP contribution in [0.15, 0.2) is 24.3 Å². The van der Waals surface area contributed by atoms with Crippen molar-refractivity contribution in [2.45, 2.75) is 46.3 Å². The van der Waals surface area contributed by atoms with Gasteiger partial charge in [-0.3, -0.25) is 0 Å². The van der Waals surface area contributed by atoms with Crippen LogP contribution < -0.4 is 10.1 Å². The molecule has 0 aromatic heterocycles. The molecule has 0 radical (unpaired) electrons. The molecular weight excluding hydrogens is 238 g/mol. The summed E-state index contributed by atoms with van der Waals surface area (Å²) in [6.07, 6.45) is 0.550. The van der Waals surface area contributed by atoms with Gasteiger partial charge >= 0.3 is 0 Å². The zero-order valence-corrected chi connectivity index (χ0v) is 12.7. The molecule has 1 aromatic rings. The molecule has 1 aromatic carbocycles.